The van der Waals surface area contributed by atoms with Crippen molar-refractivity contribution in [3.63, 3.8) is 0 Å². The Morgan fingerprint density at radius 2 is 1.90 bits per heavy atom. The first-order valence-corrected chi connectivity index (χ1v) is 7.06. The number of esters is 1. The van der Waals surface area contributed by atoms with Crippen molar-refractivity contribution in [2.45, 2.75) is 39.0 Å². The number of ether oxygens (including phenoxy) is 1. The lowest BCUT2D eigenvalue weighted by atomic mass is 10.0. The molecule has 5 heteroatoms. The Morgan fingerprint density at radius 3 is 2.55 bits per heavy atom. The summed E-state index contributed by atoms with van der Waals surface area (Å²) in [5.74, 6) is -0.771. The Bertz CT molecular complexity index is 474. The van der Waals surface area contributed by atoms with Crippen LogP contribution in [0.2, 0.25) is 5.02 Å². The molecule has 3 nitrogen and oxygen atoms in total. The van der Waals surface area contributed by atoms with Crippen LogP contribution >= 0.6 is 11.6 Å². The lowest BCUT2D eigenvalue weighted by Crippen LogP contribution is -2.04. The predicted molar refractivity (Wildman–Crippen MR) is 75.5 cm³/mol. The van der Waals surface area contributed by atoms with Crippen LogP contribution in [0.5, 0.6) is 0 Å². The second-order valence-electron chi connectivity index (χ2n) is 4.41. The van der Waals surface area contributed by atoms with Crippen LogP contribution in [-0.2, 0) is 9.53 Å². The number of Topliss-reactive ketones (excluding diaryl/α,β-unsaturated/α-hetero) is 1. The highest BCUT2D eigenvalue weighted by Crippen LogP contribution is 2.20. The lowest BCUT2D eigenvalue weighted by molar-refractivity contribution is -0.143. The zero-order valence-electron chi connectivity index (χ0n) is 11.5. The zero-order valence-corrected chi connectivity index (χ0v) is 12.2. The van der Waals surface area contributed by atoms with Gasteiger partial charge in [-0.15, -0.1) is 0 Å². The second kappa shape index (κ2) is 8.69. The van der Waals surface area contributed by atoms with E-state index in [0.29, 0.717) is 37.9 Å². The molecule has 0 saturated carbocycles. The number of unbranched alkanes of at least 4 members (excludes halogenated alkanes) is 2. The fraction of sp³-hybridized carbons (Fsp3) is 0.467. The molecule has 110 valence electrons. The maximum atomic E-state index is 12.9. The maximum absolute atomic E-state index is 12.9. The lowest BCUT2D eigenvalue weighted by Gasteiger charge is -2.04. The van der Waals surface area contributed by atoms with Gasteiger partial charge in [-0.25, -0.2) is 4.39 Å². The molecule has 0 aliphatic carbocycles. The minimum absolute atomic E-state index is 0.105. The molecule has 1 rings (SSSR count). The van der Waals surface area contributed by atoms with E-state index in [0.717, 1.165) is 12.5 Å². The van der Waals surface area contributed by atoms with E-state index in [9.17, 15) is 14.0 Å². The first kappa shape index (κ1) is 16.6. The van der Waals surface area contributed by atoms with Crippen LogP contribution in [0.3, 0.4) is 0 Å². The van der Waals surface area contributed by atoms with Crippen molar-refractivity contribution < 1.29 is 18.7 Å². The molecule has 0 aromatic heterocycles. The molecule has 0 radical (unpaired) electrons. The molecule has 1 aromatic carbocycles. The third-order valence-electron chi connectivity index (χ3n) is 2.82. The molecule has 0 atom stereocenters. The fourth-order valence-electron chi connectivity index (χ4n) is 1.82. The summed E-state index contributed by atoms with van der Waals surface area (Å²) in [7, 11) is 0. The zero-order chi connectivity index (χ0) is 15.0. The van der Waals surface area contributed by atoms with Gasteiger partial charge in [0.15, 0.2) is 5.78 Å². The standard InChI is InChI=1S/C15H18ClFO3/c1-2-20-15(19)7-5-3-4-6-14(18)12-9-8-11(17)10-13(12)16/h8-10H,2-7H2,1H3. The molecule has 0 aliphatic heterocycles. The second-order valence-corrected chi connectivity index (χ2v) is 4.82. The summed E-state index contributed by atoms with van der Waals surface area (Å²) in [4.78, 5) is 23.0. The number of carbonyl (C=O) groups excluding carboxylic acids is 2. The number of hydrogen-bond donors (Lipinski definition) is 0. The molecular weight excluding hydrogens is 283 g/mol. The van der Waals surface area contributed by atoms with Gasteiger partial charge >= 0.3 is 5.97 Å². The van der Waals surface area contributed by atoms with Crippen LogP contribution in [0.25, 0.3) is 0 Å². The van der Waals surface area contributed by atoms with Gasteiger partial charge < -0.3 is 4.74 Å². The monoisotopic (exact) mass is 300 g/mol. The topological polar surface area (TPSA) is 43.4 Å². The number of halogens is 2. The van der Waals surface area contributed by atoms with E-state index in [1.54, 1.807) is 6.92 Å². The highest BCUT2D eigenvalue weighted by molar-refractivity contribution is 6.33. The van der Waals surface area contributed by atoms with Gasteiger partial charge in [0, 0.05) is 18.4 Å². The molecule has 0 unspecified atom stereocenters. The van der Waals surface area contributed by atoms with Crippen LogP contribution in [0.1, 0.15) is 49.4 Å². The third kappa shape index (κ3) is 5.70. The van der Waals surface area contributed by atoms with Crippen molar-refractivity contribution in [3.05, 3.63) is 34.6 Å². The molecule has 0 N–H and O–H groups in total. The summed E-state index contributed by atoms with van der Waals surface area (Å²) in [6, 6.07) is 3.76. The highest BCUT2D eigenvalue weighted by Gasteiger charge is 2.11. The van der Waals surface area contributed by atoms with E-state index in [4.69, 9.17) is 16.3 Å². The van der Waals surface area contributed by atoms with Crippen LogP contribution in [0.4, 0.5) is 4.39 Å². The molecule has 0 bridgehead atoms. The van der Waals surface area contributed by atoms with Gasteiger partial charge in [0.05, 0.1) is 11.6 Å². The van der Waals surface area contributed by atoms with Crippen molar-refractivity contribution in [2.75, 3.05) is 6.61 Å². The van der Waals surface area contributed by atoms with Gasteiger partial charge in [0.2, 0.25) is 0 Å². The Labute approximate surface area is 123 Å². The first-order valence-electron chi connectivity index (χ1n) is 6.68. The van der Waals surface area contributed by atoms with Gasteiger partial charge in [-0.05, 0) is 38.0 Å². The van der Waals surface area contributed by atoms with Crippen molar-refractivity contribution in [1.82, 2.24) is 0 Å². The summed E-state index contributed by atoms with van der Waals surface area (Å²) in [5, 5.41) is 0.140. The van der Waals surface area contributed by atoms with Crippen LogP contribution in [-0.4, -0.2) is 18.4 Å². The van der Waals surface area contributed by atoms with Crippen LogP contribution < -0.4 is 0 Å². The minimum atomic E-state index is -0.457. The summed E-state index contributed by atoms with van der Waals surface area (Å²) in [6.45, 7) is 2.16. The van der Waals surface area contributed by atoms with Crippen LogP contribution in [0.15, 0.2) is 18.2 Å². The number of rotatable bonds is 8. The predicted octanol–water partition coefficient (Wildman–Crippen LogP) is 4.18. The normalized spacial score (nSPS) is 10.3. The average molecular weight is 301 g/mol. The molecule has 1 aromatic rings. The van der Waals surface area contributed by atoms with Crippen molar-refractivity contribution in [3.8, 4) is 0 Å². The Hall–Kier alpha value is -1.42. The minimum Gasteiger partial charge on any atom is -0.466 e. The van der Waals surface area contributed by atoms with E-state index in [1.807, 2.05) is 0 Å². The Kier molecular flexibility index (Phi) is 7.23. The highest BCUT2D eigenvalue weighted by atomic mass is 35.5. The van der Waals surface area contributed by atoms with E-state index >= 15 is 0 Å². The quantitative estimate of drug-likeness (QED) is 0.411. The SMILES string of the molecule is CCOC(=O)CCCCCC(=O)c1ccc(F)cc1Cl. The molecule has 0 heterocycles. The van der Waals surface area contributed by atoms with Crippen molar-refractivity contribution in [2.24, 2.45) is 0 Å². The van der Waals surface area contributed by atoms with E-state index < -0.39 is 5.82 Å². The summed E-state index contributed by atoms with van der Waals surface area (Å²) >= 11 is 5.82. The number of ketones is 1. The summed E-state index contributed by atoms with van der Waals surface area (Å²) in [5.41, 5.74) is 0.346. The number of carbonyl (C=O) groups is 2. The molecule has 0 aliphatic rings. The van der Waals surface area contributed by atoms with E-state index in [2.05, 4.69) is 0 Å². The Balaban J connectivity index is 2.28. The molecule has 20 heavy (non-hydrogen) atoms. The molecule has 0 spiro atoms. The van der Waals surface area contributed by atoms with E-state index in [1.165, 1.54) is 12.1 Å². The number of hydrogen-bond acceptors (Lipinski definition) is 3. The van der Waals surface area contributed by atoms with Gasteiger partial charge in [0.1, 0.15) is 5.82 Å². The molecule has 0 saturated heterocycles. The van der Waals surface area contributed by atoms with Crippen LogP contribution in [0, 0.1) is 5.82 Å². The molecule has 0 amide bonds. The smallest absolute Gasteiger partial charge is 0.305 e. The van der Waals surface area contributed by atoms with Gasteiger partial charge in [-0.3, -0.25) is 9.59 Å². The molecular formula is C15H18ClFO3. The van der Waals surface area contributed by atoms with Crippen molar-refractivity contribution >= 4 is 23.4 Å². The average Bonchev–Trinajstić information content (AvgIpc) is 2.38. The van der Waals surface area contributed by atoms with Gasteiger partial charge in [-0.1, -0.05) is 18.0 Å². The fourth-order valence-corrected chi connectivity index (χ4v) is 2.09. The third-order valence-corrected chi connectivity index (χ3v) is 3.13. The van der Waals surface area contributed by atoms with E-state index in [-0.39, 0.29) is 16.8 Å². The number of benzene rings is 1. The van der Waals surface area contributed by atoms with Gasteiger partial charge in [0.25, 0.3) is 0 Å². The van der Waals surface area contributed by atoms with Crippen molar-refractivity contribution in [1.29, 1.82) is 0 Å². The molecule has 0 fully saturated rings. The maximum Gasteiger partial charge on any atom is 0.305 e. The Morgan fingerprint density at radius 1 is 1.20 bits per heavy atom. The summed E-state index contributed by atoms with van der Waals surface area (Å²) in [6.07, 6.45) is 2.85. The largest absolute Gasteiger partial charge is 0.466 e. The first-order chi connectivity index (χ1) is 9.54. The summed E-state index contributed by atoms with van der Waals surface area (Å²) < 4.78 is 17.7. The van der Waals surface area contributed by atoms with Gasteiger partial charge in [-0.2, -0.15) is 0 Å².